The maximum Gasteiger partial charge on any atom is 0.321 e. The van der Waals surface area contributed by atoms with Crippen molar-refractivity contribution < 1.29 is 4.79 Å². The zero-order valence-corrected chi connectivity index (χ0v) is 12.8. The number of urea groups is 1. The first-order valence-corrected chi connectivity index (χ1v) is 7.23. The number of likely N-dealkylation sites (tertiary alicyclic amines) is 1. The molecule has 1 N–H and O–H groups in total. The first-order valence-electron chi connectivity index (χ1n) is 7.23. The van der Waals surface area contributed by atoms with E-state index in [1.165, 1.54) is 0 Å². The molecule has 1 aromatic carbocycles. The van der Waals surface area contributed by atoms with Gasteiger partial charge in [-0.2, -0.15) is 5.26 Å². The molecule has 1 aliphatic rings. The third-order valence-corrected chi connectivity index (χ3v) is 4.12. The second kappa shape index (κ2) is 6.59. The van der Waals surface area contributed by atoms with Crippen LogP contribution in [0.25, 0.3) is 0 Å². The third kappa shape index (κ3) is 3.73. The predicted octanol–water partition coefficient (Wildman–Crippen LogP) is 2.36. The number of piperidine rings is 1. The second-order valence-corrected chi connectivity index (χ2v) is 5.83. The van der Waals surface area contributed by atoms with E-state index in [1.54, 1.807) is 29.2 Å². The van der Waals surface area contributed by atoms with Crippen molar-refractivity contribution >= 4 is 11.7 Å². The van der Waals surface area contributed by atoms with Crippen molar-refractivity contribution in [2.75, 3.05) is 32.5 Å². The monoisotopic (exact) mass is 286 g/mol. The summed E-state index contributed by atoms with van der Waals surface area (Å²) in [5.41, 5.74) is 1.20. The molecule has 1 fully saturated rings. The minimum Gasteiger partial charge on any atom is -0.324 e. The van der Waals surface area contributed by atoms with Gasteiger partial charge < -0.3 is 15.1 Å². The fourth-order valence-electron chi connectivity index (χ4n) is 2.95. The number of hydrogen-bond acceptors (Lipinski definition) is 3. The maximum absolute atomic E-state index is 12.4. The van der Waals surface area contributed by atoms with Crippen LogP contribution in [0.4, 0.5) is 10.5 Å². The molecule has 0 aromatic heterocycles. The molecule has 0 bridgehead atoms. The van der Waals surface area contributed by atoms with Gasteiger partial charge in [0.2, 0.25) is 0 Å². The van der Waals surface area contributed by atoms with Crippen molar-refractivity contribution in [2.45, 2.75) is 19.4 Å². The van der Waals surface area contributed by atoms with Gasteiger partial charge in [0, 0.05) is 25.3 Å². The van der Waals surface area contributed by atoms with E-state index in [1.807, 2.05) is 7.05 Å². The summed E-state index contributed by atoms with van der Waals surface area (Å²) in [6.45, 7) is 4.20. The van der Waals surface area contributed by atoms with Crippen molar-refractivity contribution in [2.24, 2.45) is 5.92 Å². The molecule has 2 unspecified atom stereocenters. The number of amides is 2. The Bertz CT molecular complexity index is 551. The molecule has 0 radical (unpaired) electrons. The van der Waals surface area contributed by atoms with Crippen LogP contribution in [0, 0.1) is 17.2 Å². The number of rotatable bonds is 2. The molecule has 2 rings (SSSR count). The van der Waals surface area contributed by atoms with E-state index in [-0.39, 0.29) is 12.1 Å². The maximum atomic E-state index is 12.4. The molecule has 5 heteroatoms. The molecule has 0 saturated carbocycles. The number of nitrogens with zero attached hydrogens (tertiary/aromatic N) is 3. The van der Waals surface area contributed by atoms with Crippen LogP contribution in [0.15, 0.2) is 24.3 Å². The van der Waals surface area contributed by atoms with Crippen molar-refractivity contribution in [3.05, 3.63) is 29.8 Å². The number of hydrogen-bond donors (Lipinski definition) is 1. The summed E-state index contributed by atoms with van der Waals surface area (Å²) < 4.78 is 0. The van der Waals surface area contributed by atoms with Gasteiger partial charge in [-0.25, -0.2) is 4.79 Å². The standard InChI is InChI=1S/C16H22N4O/c1-12-11-19(2)8-7-15(12)20(3)16(21)18-14-6-4-5-13(9-14)10-17/h4-6,9,12,15H,7-8,11H2,1-3H3,(H,18,21). The first-order chi connectivity index (χ1) is 10.0. The van der Waals surface area contributed by atoms with Gasteiger partial charge in [-0.1, -0.05) is 13.0 Å². The van der Waals surface area contributed by atoms with Crippen LogP contribution in [0.1, 0.15) is 18.9 Å². The Labute approximate surface area is 126 Å². The molecular weight excluding hydrogens is 264 g/mol. The first kappa shape index (κ1) is 15.3. The zero-order valence-electron chi connectivity index (χ0n) is 12.8. The Morgan fingerprint density at radius 2 is 2.29 bits per heavy atom. The Morgan fingerprint density at radius 1 is 1.52 bits per heavy atom. The lowest BCUT2D eigenvalue weighted by atomic mass is 9.93. The fourth-order valence-corrected chi connectivity index (χ4v) is 2.95. The molecule has 1 aliphatic heterocycles. The predicted molar refractivity (Wildman–Crippen MR) is 83.0 cm³/mol. The van der Waals surface area contributed by atoms with Gasteiger partial charge in [0.15, 0.2) is 0 Å². The highest BCUT2D eigenvalue weighted by Crippen LogP contribution is 2.21. The van der Waals surface area contributed by atoms with Crippen molar-refractivity contribution in [1.82, 2.24) is 9.80 Å². The van der Waals surface area contributed by atoms with Crippen LogP contribution in [0.2, 0.25) is 0 Å². The van der Waals surface area contributed by atoms with Crippen LogP contribution in [-0.2, 0) is 0 Å². The van der Waals surface area contributed by atoms with Gasteiger partial charge in [-0.15, -0.1) is 0 Å². The van der Waals surface area contributed by atoms with Gasteiger partial charge in [0.05, 0.1) is 11.6 Å². The van der Waals surface area contributed by atoms with Crippen LogP contribution in [0.5, 0.6) is 0 Å². The van der Waals surface area contributed by atoms with E-state index in [9.17, 15) is 4.79 Å². The summed E-state index contributed by atoms with van der Waals surface area (Å²) in [5, 5.41) is 11.8. The summed E-state index contributed by atoms with van der Waals surface area (Å²) in [4.78, 5) is 16.4. The molecule has 0 aliphatic carbocycles. The molecule has 2 amide bonds. The highest BCUT2D eigenvalue weighted by Gasteiger charge is 2.29. The summed E-state index contributed by atoms with van der Waals surface area (Å²) in [6, 6.07) is 9.18. The van der Waals surface area contributed by atoms with Crippen LogP contribution in [-0.4, -0.2) is 49.1 Å². The Hall–Kier alpha value is -2.06. The molecule has 5 nitrogen and oxygen atoms in total. The number of nitrogens with one attached hydrogen (secondary N) is 1. The largest absolute Gasteiger partial charge is 0.324 e. The number of anilines is 1. The van der Waals surface area contributed by atoms with Crippen LogP contribution < -0.4 is 5.32 Å². The molecular formula is C16H22N4O. The van der Waals surface area contributed by atoms with E-state index in [0.717, 1.165) is 19.5 Å². The lowest BCUT2D eigenvalue weighted by Crippen LogP contribution is -2.50. The highest BCUT2D eigenvalue weighted by molar-refractivity contribution is 5.89. The van der Waals surface area contributed by atoms with E-state index >= 15 is 0 Å². The van der Waals surface area contributed by atoms with Crippen molar-refractivity contribution in [1.29, 1.82) is 5.26 Å². The minimum atomic E-state index is -0.119. The highest BCUT2D eigenvalue weighted by atomic mass is 16.2. The number of nitriles is 1. The quantitative estimate of drug-likeness (QED) is 0.908. The number of benzene rings is 1. The normalized spacial score (nSPS) is 22.4. The fraction of sp³-hybridized carbons (Fsp3) is 0.500. The Balaban J connectivity index is 2.01. The molecule has 2 atom stereocenters. The number of carbonyl (C=O) groups is 1. The van der Waals surface area contributed by atoms with Gasteiger partial charge in [-0.3, -0.25) is 0 Å². The number of carbonyl (C=O) groups excluding carboxylic acids is 1. The van der Waals surface area contributed by atoms with Crippen molar-refractivity contribution in [3.8, 4) is 6.07 Å². The lowest BCUT2D eigenvalue weighted by molar-refractivity contribution is 0.113. The van der Waals surface area contributed by atoms with Gasteiger partial charge in [-0.05, 0) is 44.1 Å². The van der Waals surface area contributed by atoms with E-state index < -0.39 is 0 Å². The van der Waals surface area contributed by atoms with E-state index in [2.05, 4.69) is 30.3 Å². The van der Waals surface area contributed by atoms with E-state index in [0.29, 0.717) is 17.2 Å². The Morgan fingerprint density at radius 3 is 2.95 bits per heavy atom. The summed E-state index contributed by atoms with van der Waals surface area (Å²) in [5.74, 6) is 0.449. The van der Waals surface area contributed by atoms with Crippen molar-refractivity contribution in [3.63, 3.8) is 0 Å². The molecule has 1 aromatic rings. The SMILES string of the molecule is CC1CN(C)CCC1N(C)C(=O)Nc1cccc(C#N)c1. The van der Waals surface area contributed by atoms with Gasteiger partial charge >= 0.3 is 6.03 Å². The molecule has 112 valence electrons. The molecule has 0 spiro atoms. The van der Waals surface area contributed by atoms with Crippen LogP contribution >= 0.6 is 0 Å². The van der Waals surface area contributed by atoms with Crippen LogP contribution in [0.3, 0.4) is 0 Å². The molecule has 1 saturated heterocycles. The summed E-state index contributed by atoms with van der Waals surface area (Å²) >= 11 is 0. The minimum absolute atomic E-state index is 0.119. The molecule has 1 heterocycles. The topological polar surface area (TPSA) is 59.4 Å². The third-order valence-electron chi connectivity index (χ3n) is 4.12. The zero-order chi connectivity index (χ0) is 15.4. The van der Waals surface area contributed by atoms with Gasteiger partial charge in [0.1, 0.15) is 0 Å². The summed E-state index contributed by atoms with van der Waals surface area (Å²) in [7, 11) is 3.95. The van der Waals surface area contributed by atoms with Gasteiger partial charge in [0.25, 0.3) is 0 Å². The average molecular weight is 286 g/mol. The smallest absolute Gasteiger partial charge is 0.321 e. The van der Waals surface area contributed by atoms with E-state index in [4.69, 9.17) is 5.26 Å². The summed E-state index contributed by atoms with van der Waals surface area (Å²) in [6.07, 6.45) is 0.986. The average Bonchev–Trinajstić information content (AvgIpc) is 2.46. The Kier molecular flexibility index (Phi) is 4.81. The second-order valence-electron chi connectivity index (χ2n) is 5.83. The molecule has 21 heavy (non-hydrogen) atoms. The lowest BCUT2D eigenvalue weighted by Gasteiger charge is -2.39.